The van der Waals surface area contributed by atoms with E-state index in [2.05, 4.69) is 120 Å². The first-order chi connectivity index (χ1) is 69.8. The fourth-order valence-electron chi connectivity index (χ4n) is 16.2. The van der Waals surface area contributed by atoms with Crippen LogP contribution < -0.4 is 91.2 Å². The third-order valence-corrected chi connectivity index (χ3v) is 25.4. The summed E-state index contributed by atoms with van der Waals surface area (Å²) in [4.78, 5) is 302. The van der Waals surface area contributed by atoms with E-state index in [0.29, 0.717) is 55.0 Å². The number of carboxylic acid groups (broad SMARTS) is 4. The third kappa shape index (κ3) is 35.8. The number of phenols is 1. The highest BCUT2D eigenvalue weighted by atomic mass is 32.2. The van der Waals surface area contributed by atoms with Gasteiger partial charge in [-0.05, 0) is 128 Å². The van der Waals surface area contributed by atoms with E-state index in [9.17, 15) is 112 Å². The number of aromatic nitrogens is 3. The summed E-state index contributed by atoms with van der Waals surface area (Å²) >= 11 is 9.96. The molecule has 0 spiro atoms. The monoisotopic (exact) mass is 2100 g/mol. The number of nitrogens with zero attached hydrogens (tertiary/aromatic N) is 1. The van der Waals surface area contributed by atoms with E-state index >= 15 is 19.2 Å². The number of fused-ring (bicyclic) bond motifs is 3. The predicted molar refractivity (Wildman–Crippen MR) is 540 cm³/mol. The number of carboxylic acids is 4. The molecular weight excluding hydrogens is 1980 g/mol. The summed E-state index contributed by atoms with van der Waals surface area (Å²) in [6.07, 6.45) is 0.310. The number of benzene rings is 4. The van der Waals surface area contributed by atoms with E-state index in [-0.39, 0.29) is 63.0 Å². The minimum absolute atomic E-state index is 0.0180. The number of para-hydroxylation sites is 3. The van der Waals surface area contributed by atoms with Crippen LogP contribution in [0.15, 0.2) is 116 Å². The van der Waals surface area contributed by atoms with E-state index in [4.69, 9.17) is 11.5 Å². The number of nitrogens with two attached hydrogens (primary N) is 2. The van der Waals surface area contributed by atoms with Gasteiger partial charge < -0.3 is 142 Å². The van der Waals surface area contributed by atoms with Gasteiger partial charge >= 0.3 is 23.9 Å². The number of aromatic hydroxyl groups is 1. The van der Waals surface area contributed by atoms with Crippen molar-refractivity contribution in [3.8, 4) is 5.75 Å². The van der Waals surface area contributed by atoms with E-state index in [1.54, 1.807) is 105 Å². The summed E-state index contributed by atoms with van der Waals surface area (Å²) in [7, 11) is 0. The number of hydrogen-bond donors (Lipinski definition) is 28. The van der Waals surface area contributed by atoms with Crippen LogP contribution in [0.1, 0.15) is 128 Å². The van der Waals surface area contributed by atoms with Crippen molar-refractivity contribution in [3.05, 3.63) is 138 Å². The second-order valence-corrected chi connectivity index (χ2v) is 37.8. The van der Waals surface area contributed by atoms with Crippen molar-refractivity contribution in [2.24, 2.45) is 23.3 Å². The van der Waals surface area contributed by atoms with Crippen LogP contribution in [0, 0.1) is 11.8 Å². The maximum absolute atomic E-state index is 15.4. The zero-order valence-electron chi connectivity index (χ0n) is 81.4. The molecule has 147 heavy (non-hydrogen) atoms. The molecule has 796 valence electrons. The summed E-state index contributed by atoms with van der Waals surface area (Å²) < 4.78 is 0. The Morgan fingerprint density at radius 2 is 0.789 bits per heavy atom. The van der Waals surface area contributed by atoms with Gasteiger partial charge in [-0.25, -0.2) is 0 Å². The Kier molecular flexibility index (Phi) is 45.6. The number of aliphatic hydroxyl groups is 1. The summed E-state index contributed by atoms with van der Waals surface area (Å²) in [5, 5.41) is 97.6. The van der Waals surface area contributed by atoms with Gasteiger partial charge in [-0.15, -0.1) is 0 Å². The number of nitrogens with one attached hydrogen (secondary N) is 18. The number of aliphatic hydroxyl groups excluding tert-OH is 1. The highest BCUT2D eigenvalue weighted by Crippen LogP contribution is 2.27. The van der Waals surface area contributed by atoms with Crippen molar-refractivity contribution in [1.82, 2.24) is 99.6 Å². The first-order valence-corrected chi connectivity index (χ1v) is 50.0. The molecule has 0 bridgehead atoms. The number of carbonyl (C=O) groups is 21. The number of thioether (sulfide) groups is 1. The maximum atomic E-state index is 15.4. The molecule has 3 aromatic heterocycles. The smallest absolute Gasteiger partial charge is 0.322 e. The molecular formula is C96H127N21O27S3. The van der Waals surface area contributed by atoms with Gasteiger partial charge in [0.2, 0.25) is 100 Å². The largest absolute Gasteiger partial charge is 0.508 e. The lowest BCUT2D eigenvalue weighted by Crippen LogP contribution is -2.61. The van der Waals surface area contributed by atoms with Gasteiger partial charge in [0.1, 0.15) is 109 Å². The highest BCUT2D eigenvalue weighted by molar-refractivity contribution is 7.98. The van der Waals surface area contributed by atoms with Gasteiger partial charge in [0.25, 0.3) is 0 Å². The van der Waals surface area contributed by atoms with E-state index in [1.807, 2.05) is 0 Å². The minimum atomic E-state index is -1.84. The molecule has 1 fully saturated rings. The zero-order chi connectivity index (χ0) is 108. The van der Waals surface area contributed by atoms with Gasteiger partial charge in [0.05, 0.1) is 13.0 Å². The Morgan fingerprint density at radius 3 is 1.22 bits per heavy atom. The van der Waals surface area contributed by atoms with Gasteiger partial charge in [0, 0.05) is 114 Å². The second-order valence-electron chi connectivity index (χ2n) is 36.1. The topological polar surface area (TPSA) is 763 Å². The Hall–Kier alpha value is -14.9. The molecule has 4 heterocycles. The predicted octanol–water partition coefficient (Wildman–Crippen LogP) is -2.79. The van der Waals surface area contributed by atoms with Gasteiger partial charge in [-0.3, -0.25) is 101 Å². The maximum Gasteiger partial charge on any atom is 0.322 e. The standard InChI is InChI=1S/C96H127N21O27S3/c1-47(2)34-66(88(136)114-72(45-145)92(140)112-70(39-75(98)120)91(139)107-65(31-33-147-6)86(134)110-68(83(131)102-43-79(127)128)36-51-40-99-59-17-10-7-14-55(51)59)108-89(137)67(35-50-21-23-54(119)24-22-50)109-90(138)69(37-52-41-100-60-18-11-8-15-56(52)60)111-85(133)62(25-28-76(121)122)104-81(129)49(5)103-94(142)74-20-13-32-117(74)96(144)71(38-53-42-101-61-19-12-9-16-57(53)61)113-93(141)73(46-146)115-95(143)80(48(3)4)116-87(135)64(27-30-78(125)126)106-84(132)63(26-29-77(123)124)105-82(130)58(97)44-118/h7-12,14-19,21-24,40-42,47-49,58,62-74,80,99-101,118-119,145-146H,13,20,25-39,43-46,97H2,1-6H3,(H2,98,120)(H,102,131)(H,103,142)(H,104,129)(H,105,130)(H,106,132)(H,107,139)(H,108,137)(H,109,138)(H,110,134)(H,111,133)(H,112,140)(H,113,141)(H,114,136)(H,115,143)(H,116,135)(H,121,122)(H,123,124)(H,125,126)(H,127,128)/t49-,58-,62-,63-,64-,65-,66-,67-,68-,69-,70-,71-,72-,73-,74-,80-/m0/s1. The fraction of sp³-hybridized carbons (Fsp3) is 0.469. The number of aliphatic carboxylic acids is 4. The van der Waals surface area contributed by atoms with E-state index < -0.39 is 309 Å². The van der Waals surface area contributed by atoms with Crippen molar-refractivity contribution in [2.75, 3.05) is 43.2 Å². The highest BCUT2D eigenvalue weighted by Gasteiger charge is 2.43. The molecule has 48 nitrogen and oxygen atoms in total. The van der Waals surface area contributed by atoms with Crippen LogP contribution in [0.2, 0.25) is 0 Å². The number of aromatic amines is 3. The lowest BCUT2D eigenvalue weighted by molar-refractivity contribution is -0.142. The summed E-state index contributed by atoms with van der Waals surface area (Å²) in [6.45, 7) is 5.80. The number of carbonyl (C=O) groups excluding carboxylic acids is 17. The summed E-state index contributed by atoms with van der Waals surface area (Å²) in [6, 6.07) is 0.363. The van der Waals surface area contributed by atoms with Crippen molar-refractivity contribution in [2.45, 2.75) is 228 Å². The van der Waals surface area contributed by atoms with Crippen molar-refractivity contribution < 1.29 is 131 Å². The Labute approximate surface area is 858 Å². The number of H-pyrrole nitrogens is 3. The number of phenolic OH excluding ortho intramolecular Hbond substituents is 1. The van der Waals surface area contributed by atoms with Crippen LogP contribution in [0.5, 0.6) is 5.75 Å². The lowest BCUT2D eigenvalue weighted by atomic mass is 9.99. The van der Waals surface area contributed by atoms with E-state index in [0.717, 1.165) is 4.90 Å². The quantitative estimate of drug-likeness (QED) is 0.0171. The molecule has 0 radical (unpaired) electrons. The molecule has 17 amide bonds. The SMILES string of the molecule is CSCC[C@H](NC(=O)[C@H](CC(N)=O)NC(=O)[C@H](CS)NC(=O)[C@H](CC(C)C)NC(=O)[C@H](Cc1ccc(O)cc1)NC(=O)[C@H](Cc1c[nH]c2ccccc12)NC(=O)[C@H](CCC(=O)O)NC(=O)[C@H](C)NC(=O)[C@@H]1CCCN1C(=O)[C@H](Cc1c[nH]c2ccccc12)NC(=O)[C@H](CS)NC(=O)[C@@H](NC(=O)[C@H](CCC(=O)O)NC(=O)[C@H](CCC(=O)O)NC(=O)[C@@H](N)CO)C(C)C)C(=O)N[C@@H](Cc1c[nH]c2ccccc12)C(=O)NCC(=O)O. The molecule has 4 aromatic carbocycles. The van der Waals surface area contributed by atoms with Crippen molar-refractivity contribution in [3.63, 3.8) is 0 Å². The molecule has 28 N–H and O–H groups in total. The van der Waals surface area contributed by atoms with Crippen LogP contribution in [-0.2, 0) is 126 Å². The van der Waals surface area contributed by atoms with Crippen LogP contribution in [-0.4, -0.2) is 315 Å². The molecule has 1 aliphatic heterocycles. The van der Waals surface area contributed by atoms with Crippen molar-refractivity contribution >= 4 is 194 Å². The van der Waals surface area contributed by atoms with Crippen LogP contribution >= 0.6 is 37.0 Å². The Morgan fingerprint density at radius 1 is 0.422 bits per heavy atom. The number of rotatable bonds is 60. The Balaban J connectivity index is 0.985. The molecule has 51 heteroatoms. The number of hydrogen-bond acceptors (Lipinski definition) is 27. The summed E-state index contributed by atoms with van der Waals surface area (Å²) in [5.41, 5.74) is 14.9. The van der Waals surface area contributed by atoms with Gasteiger partial charge in [0.15, 0.2) is 0 Å². The Bertz CT molecular complexity index is 5900. The second kappa shape index (κ2) is 57.1. The van der Waals surface area contributed by atoms with Gasteiger partial charge in [-0.2, -0.15) is 37.0 Å². The van der Waals surface area contributed by atoms with Gasteiger partial charge in [-0.1, -0.05) is 94.4 Å². The fourth-order valence-corrected chi connectivity index (χ4v) is 17.2. The molecule has 8 rings (SSSR count). The third-order valence-electron chi connectivity index (χ3n) is 24.1. The molecule has 16 atom stereocenters. The molecule has 1 saturated heterocycles. The first-order valence-electron chi connectivity index (χ1n) is 47.3. The average molecular weight is 2100 g/mol. The molecule has 0 unspecified atom stereocenters. The van der Waals surface area contributed by atoms with Crippen LogP contribution in [0.25, 0.3) is 32.7 Å². The zero-order valence-corrected chi connectivity index (χ0v) is 84.0. The number of primary amides is 1. The van der Waals surface area contributed by atoms with E-state index in [1.165, 1.54) is 63.0 Å². The summed E-state index contributed by atoms with van der Waals surface area (Å²) in [5.74, 6) is -25.5. The molecule has 7 aromatic rings. The van der Waals surface area contributed by atoms with Crippen LogP contribution in [0.4, 0.5) is 0 Å². The van der Waals surface area contributed by atoms with Crippen LogP contribution in [0.3, 0.4) is 0 Å². The minimum Gasteiger partial charge on any atom is -0.508 e. The normalized spacial score (nSPS) is 15.4. The lowest BCUT2D eigenvalue weighted by Gasteiger charge is -2.31. The molecule has 0 aliphatic carbocycles. The molecule has 0 saturated carbocycles. The number of thiol groups is 2. The number of likely N-dealkylation sites (tertiary alicyclic amines) is 1. The first kappa shape index (κ1) is 117. The molecule has 1 aliphatic rings. The van der Waals surface area contributed by atoms with Crippen molar-refractivity contribution in [1.29, 1.82) is 0 Å². The number of amides is 17. The average Bonchev–Trinajstić information content (AvgIpc) is 1.62.